The number of carboxylic acids is 1. The van der Waals surface area contributed by atoms with Gasteiger partial charge in [-0.25, -0.2) is 14.5 Å². The fourth-order valence-corrected chi connectivity index (χ4v) is 4.36. The predicted octanol–water partition coefficient (Wildman–Crippen LogP) is 4.90. The van der Waals surface area contributed by atoms with Crippen LogP contribution in [0.5, 0.6) is 0 Å². The smallest absolute Gasteiger partial charge is 0.357 e. The van der Waals surface area contributed by atoms with Crippen molar-refractivity contribution in [2.24, 2.45) is 0 Å². The predicted molar refractivity (Wildman–Crippen MR) is 133 cm³/mol. The number of carboxylic acid groups (broad SMARTS) is 1. The highest BCUT2D eigenvalue weighted by molar-refractivity contribution is 6.76. The average Bonchev–Trinajstić information content (AvgIpc) is 3.32. The van der Waals surface area contributed by atoms with Crippen molar-refractivity contribution in [3.63, 3.8) is 0 Å². The van der Waals surface area contributed by atoms with Gasteiger partial charge >= 0.3 is 5.97 Å². The highest BCUT2D eigenvalue weighted by atomic mass is 28.3. The van der Waals surface area contributed by atoms with E-state index < -0.39 is 14.0 Å². The summed E-state index contributed by atoms with van der Waals surface area (Å²) in [7, 11) is -1.22. The molecule has 0 amide bonds. The number of benzene rings is 1. The SMILES string of the molecule is C[Si](C)(C)CCOCn1nc(C(=O)O)c2ccc(Nc3nc(NC4CC4)c4occc4n3)cc21. The molecule has 1 aliphatic rings. The van der Waals surface area contributed by atoms with Crippen molar-refractivity contribution in [2.45, 2.75) is 51.3 Å². The molecular formula is C23H28N6O4Si. The lowest BCUT2D eigenvalue weighted by Gasteiger charge is -2.15. The number of anilines is 3. The Labute approximate surface area is 197 Å². The summed E-state index contributed by atoms with van der Waals surface area (Å²) < 4.78 is 13.0. The van der Waals surface area contributed by atoms with Gasteiger partial charge in [-0.3, -0.25) is 0 Å². The molecule has 11 heteroatoms. The quantitative estimate of drug-likeness (QED) is 0.214. The molecule has 3 N–H and O–H groups in total. The van der Waals surface area contributed by atoms with E-state index in [4.69, 9.17) is 9.15 Å². The van der Waals surface area contributed by atoms with Crippen molar-refractivity contribution in [2.75, 3.05) is 17.2 Å². The normalized spacial score (nSPS) is 14.1. The van der Waals surface area contributed by atoms with Crippen LogP contribution in [0.15, 0.2) is 34.9 Å². The van der Waals surface area contributed by atoms with Gasteiger partial charge in [0, 0.05) is 37.9 Å². The summed E-state index contributed by atoms with van der Waals surface area (Å²) in [5.41, 5.74) is 2.72. The van der Waals surface area contributed by atoms with Crippen LogP contribution >= 0.6 is 0 Å². The number of nitrogens with one attached hydrogen (secondary N) is 2. The Morgan fingerprint density at radius 3 is 2.82 bits per heavy atom. The molecule has 10 nitrogen and oxygen atoms in total. The second-order valence-electron chi connectivity index (χ2n) is 9.81. The van der Waals surface area contributed by atoms with Crippen LogP contribution in [0.3, 0.4) is 0 Å². The maximum atomic E-state index is 11.7. The molecule has 0 unspecified atom stereocenters. The summed E-state index contributed by atoms with van der Waals surface area (Å²) in [5, 5.41) is 21.1. The number of fused-ring (bicyclic) bond motifs is 2. The van der Waals surface area contributed by atoms with E-state index in [0.717, 1.165) is 18.9 Å². The summed E-state index contributed by atoms with van der Waals surface area (Å²) in [6.07, 6.45) is 3.82. The summed E-state index contributed by atoms with van der Waals surface area (Å²) in [6.45, 7) is 7.66. The number of furan rings is 1. The standard InChI is InChI=1S/C23H28N6O4Si/c1-34(2,3)11-10-32-13-29-18-12-15(6-7-16(18)19(28-29)22(30)31)25-23-26-17-8-9-33-20(17)21(27-23)24-14-4-5-14/h6-9,12,14H,4-5,10-11,13H2,1-3H3,(H,30,31)(H2,24,25,26,27). The minimum atomic E-state index is -1.22. The Morgan fingerprint density at radius 1 is 1.26 bits per heavy atom. The molecule has 1 aromatic carbocycles. The summed E-state index contributed by atoms with van der Waals surface area (Å²) in [6, 6.07) is 8.62. The van der Waals surface area contributed by atoms with Gasteiger partial charge in [0.05, 0.1) is 11.8 Å². The first-order valence-corrected chi connectivity index (χ1v) is 15.1. The number of nitrogens with zero attached hydrogens (tertiary/aromatic N) is 4. The van der Waals surface area contributed by atoms with Crippen LogP contribution in [0.4, 0.5) is 17.5 Å². The van der Waals surface area contributed by atoms with Gasteiger partial charge in [0.1, 0.15) is 12.2 Å². The third-order valence-electron chi connectivity index (χ3n) is 5.64. The number of ether oxygens (including phenoxy) is 1. The van der Waals surface area contributed by atoms with Crippen molar-refractivity contribution in [3.8, 4) is 0 Å². The second-order valence-corrected chi connectivity index (χ2v) is 15.4. The Kier molecular flexibility index (Phi) is 5.74. The van der Waals surface area contributed by atoms with Crippen molar-refractivity contribution in [3.05, 3.63) is 36.2 Å². The lowest BCUT2D eigenvalue weighted by molar-refractivity contribution is 0.0676. The van der Waals surface area contributed by atoms with E-state index in [-0.39, 0.29) is 12.4 Å². The zero-order valence-corrected chi connectivity index (χ0v) is 20.5. The van der Waals surface area contributed by atoms with Crippen molar-refractivity contribution < 1.29 is 19.1 Å². The largest absolute Gasteiger partial charge is 0.476 e. The van der Waals surface area contributed by atoms with E-state index in [2.05, 4.69) is 45.3 Å². The minimum absolute atomic E-state index is 0.00216. The third kappa shape index (κ3) is 4.90. The molecule has 5 rings (SSSR count). The van der Waals surface area contributed by atoms with Gasteiger partial charge in [-0.1, -0.05) is 19.6 Å². The average molecular weight is 481 g/mol. The number of hydrogen-bond acceptors (Lipinski definition) is 8. The van der Waals surface area contributed by atoms with Gasteiger partial charge in [0.25, 0.3) is 0 Å². The van der Waals surface area contributed by atoms with Gasteiger partial charge in [0.15, 0.2) is 17.1 Å². The van der Waals surface area contributed by atoms with Crippen LogP contribution in [0.25, 0.3) is 22.0 Å². The van der Waals surface area contributed by atoms with Gasteiger partial charge < -0.3 is 24.9 Å². The summed E-state index contributed by atoms with van der Waals surface area (Å²) >= 11 is 0. The van der Waals surface area contributed by atoms with Gasteiger partial charge in [0.2, 0.25) is 5.95 Å². The number of aromatic carboxylic acids is 1. The first-order chi connectivity index (χ1) is 16.3. The van der Waals surface area contributed by atoms with Crippen LogP contribution in [0.1, 0.15) is 23.3 Å². The fraction of sp³-hybridized carbons (Fsp3) is 0.391. The van der Waals surface area contributed by atoms with Crippen LogP contribution in [0.2, 0.25) is 25.7 Å². The molecule has 0 saturated heterocycles. The second kappa shape index (κ2) is 8.73. The molecule has 34 heavy (non-hydrogen) atoms. The lowest BCUT2D eigenvalue weighted by Crippen LogP contribution is -2.22. The maximum Gasteiger partial charge on any atom is 0.357 e. The number of rotatable bonds is 10. The maximum absolute atomic E-state index is 11.7. The molecule has 1 aliphatic carbocycles. The van der Waals surface area contributed by atoms with E-state index in [9.17, 15) is 9.90 Å². The zero-order chi connectivity index (χ0) is 23.9. The van der Waals surface area contributed by atoms with Crippen molar-refractivity contribution in [1.82, 2.24) is 19.7 Å². The summed E-state index contributed by atoms with van der Waals surface area (Å²) in [5.74, 6) is 0.0125. The molecule has 1 saturated carbocycles. The first kappa shape index (κ1) is 22.4. The number of aromatic nitrogens is 4. The van der Waals surface area contributed by atoms with Crippen LogP contribution in [-0.4, -0.2) is 51.5 Å². The van der Waals surface area contributed by atoms with E-state index in [1.165, 1.54) is 0 Å². The molecule has 0 spiro atoms. The van der Waals surface area contributed by atoms with E-state index >= 15 is 0 Å². The third-order valence-corrected chi connectivity index (χ3v) is 7.35. The van der Waals surface area contributed by atoms with Crippen molar-refractivity contribution in [1.29, 1.82) is 0 Å². The van der Waals surface area contributed by atoms with E-state index in [1.54, 1.807) is 29.1 Å². The Balaban J connectivity index is 1.42. The molecule has 4 aromatic rings. The molecular weight excluding hydrogens is 452 g/mol. The molecule has 178 valence electrons. The molecule has 0 radical (unpaired) electrons. The van der Waals surface area contributed by atoms with Crippen LogP contribution in [0, 0.1) is 0 Å². The molecule has 0 bridgehead atoms. The van der Waals surface area contributed by atoms with Gasteiger partial charge in [-0.2, -0.15) is 10.1 Å². The fourth-order valence-electron chi connectivity index (χ4n) is 3.60. The monoisotopic (exact) mass is 480 g/mol. The minimum Gasteiger partial charge on any atom is -0.476 e. The van der Waals surface area contributed by atoms with Gasteiger partial charge in [-0.05, 0) is 37.1 Å². The Morgan fingerprint density at radius 2 is 2.09 bits per heavy atom. The molecule has 1 fully saturated rings. The van der Waals surface area contributed by atoms with Crippen LogP contribution in [-0.2, 0) is 11.5 Å². The number of carbonyl (C=O) groups is 1. The highest BCUT2D eigenvalue weighted by Crippen LogP contribution is 2.30. The first-order valence-electron chi connectivity index (χ1n) is 11.4. The highest BCUT2D eigenvalue weighted by Gasteiger charge is 2.24. The zero-order valence-electron chi connectivity index (χ0n) is 19.5. The van der Waals surface area contributed by atoms with E-state index in [1.807, 2.05) is 6.07 Å². The Bertz CT molecular complexity index is 1360. The number of hydrogen-bond donors (Lipinski definition) is 3. The topological polar surface area (TPSA) is 127 Å². The van der Waals surface area contributed by atoms with Crippen LogP contribution < -0.4 is 10.6 Å². The summed E-state index contributed by atoms with van der Waals surface area (Å²) in [4.78, 5) is 20.9. The van der Waals surface area contributed by atoms with E-state index in [0.29, 0.717) is 52.1 Å². The molecule has 0 aliphatic heterocycles. The van der Waals surface area contributed by atoms with Gasteiger partial charge in [-0.15, -0.1) is 0 Å². The lowest BCUT2D eigenvalue weighted by atomic mass is 10.2. The molecule has 3 aromatic heterocycles. The van der Waals surface area contributed by atoms with Crippen molar-refractivity contribution >= 4 is 53.5 Å². The molecule has 0 atom stereocenters. The molecule has 3 heterocycles. The Hall–Kier alpha value is -3.44.